The van der Waals surface area contributed by atoms with Crippen molar-refractivity contribution in [2.45, 2.75) is 19.3 Å². The normalized spacial score (nSPS) is 20.6. The van der Waals surface area contributed by atoms with Crippen LogP contribution in [0.1, 0.15) is 29.6 Å². The zero-order valence-electron chi connectivity index (χ0n) is 11.6. The molecule has 0 bridgehead atoms. The van der Waals surface area contributed by atoms with E-state index >= 15 is 0 Å². The lowest BCUT2D eigenvalue weighted by Crippen LogP contribution is -2.44. The van der Waals surface area contributed by atoms with Crippen LogP contribution in [0.3, 0.4) is 0 Å². The van der Waals surface area contributed by atoms with Crippen molar-refractivity contribution in [3.8, 4) is 5.75 Å². The second-order valence-electron chi connectivity index (χ2n) is 5.91. The topological polar surface area (TPSA) is 69.6 Å². The average Bonchev–Trinajstić information content (AvgIpc) is 2.83. The Labute approximate surface area is 131 Å². The summed E-state index contributed by atoms with van der Waals surface area (Å²) in [4.78, 5) is 25.6. The van der Waals surface area contributed by atoms with Crippen molar-refractivity contribution in [3.63, 3.8) is 0 Å². The minimum Gasteiger partial charge on any atom is -0.507 e. The Morgan fingerprint density at radius 3 is 2.62 bits per heavy atom. The number of hydrogen-bond acceptors (Lipinski definition) is 3. The van der Waals surface area contributed by atoms with Crippen LogP contribution in [0.25, 0.3) is 0 Å². The lowest BCUT2D eigenvalue weighted by Gasteiger charge is -2.38. The van der Waals surface area contributed by atoms with Crippen LogP contribution in [0.2, 0.25) is 0 Å². The van der Waals surface area contributed by atoms with E-state index in [0.29, 0.717) is 29.5 Å². The van der Waals surface area contributed by atoms with Gasteiger partial charge in [0.05, 0.1) is 4.47 Å². The molecular formula is C15H17BrN2O3. The lowest BCUT2D eigenvalue weighted by molar-refractivity contribution is -0.119. The predicted molar refractivity (Wildman–Crippen MR) is 81.0 cm³/mol. The Bertz CT molecular complexity index is 595. The molecule has 0 aliphatic carbocycles. The number of aromatic hydroxyl groups is 1. The van der Waals surface area contributed by atoms with Crippen molar-refractivity contribution in [1.29, 1.82) is 0 Å². The van der Waals surface area contributed by atoms with Crippen LogP contribution < -0.4 is 5.32 Å². The average molecular weight is 353 g/mol. The molecule has 0 unspecified atom stereocenters. The number of phenols is 1. The summed E-state index contributed by atoms with van der Waals surface area (Å²) in [7, 11) is 0. The van der Waals surface area contributed by atoms with E-state index in [0.717, 1.165) is 19.4 Å². The molecule has 0 atom stereocenters. The van der Waals surface area contributed by atoms with Crippen molar-refractivity contribution in [2.24, 2.45) is 5.41 Å². The maximum atomic E-state index is 12.4. The van der Waals surface area contributed by atoms with E-state index < -0.39 is 0 Å². The molecule has 0 radical (unpaired) electrons. The zero-order chi connectivity index (χ0) is 15.0. The van der Waals surface area contributed by atoms with Gasteiger partial charge in [-0.05, 0) is 52.4 Å². The molecule has 2 aliphatic heterocycles. The number of benzene rings is 1. The number of nitrogens with zero attached hydrogens (tertiary/aromatic N) is 1. The highest BCUT2D eigenvalue weighted by molar-refractivity contribution is 9.10. The molecule has 2 heterocycles. The van der Waals surface area contributed by atoms with Gasteiger partial charge in [0.2, 0.25) is 5.91 Å². The van der Waals surface area contributed by atoms with Crippen molar-refractivity contribution < 1.29 is 14.7 Å². The highest BCUT2D eigenvalue weighted by Crippen LogP contribution is 2.38. The van der Waals surface area contributed by atoms with E-state index in [1.54, 1.807) is 17.0 Å². The second-order valence-corrected chi connectivity index (χ2v) is 6.77. The number of likely N-dealkylation sites (tertiary alicyclic amines) is 1. The zero-order valence-corrected chi connectivity index (χ0v) is 13.1. The molecule has 2 N–H and O–H groups in total. The maximum Gasteiger partial charge on any atom is 0.253 e. The van der Waals surface area contributed by atoms with E-state index in [1.165, 1.54) is 6.07 Å². The van der Waals surface area contributed by atoms with Gasteiger partial charge < -0.3 is 15.3 Å². The molecule has 21 heavy (non-hydrogen) atoms. The molecule has 2 fully saturated rings. The van der Waals surface area contributed by atoms with E-state index in [9.17, 15) is 14.7 Å². The van der Waals surface area contributed by atoms with Gasteiger partial charge in [-0.15, -0.1) is 0 Å². The smallest absolute Gasteiger partial charge is 0.253 e. The van der Waals surface area contributed by atoms with Crippen LogP contribution in [-0.2, 0) is 4.79 Å². The van der Waals surface area contributed by atoms with Crippen molar-refractivity contribution in [2.75, 3.05) is 19.6 Å². The fourth-order valence-electron chi connectivity index (χ4n) is 3.12. The van der Waals surface area contributed by atoms with Crippen molar-refractivity contribution >= 4 is 27.7 Å². The molecule has 3 rings (SSSR count). The Morgan fingerprint density at radius 2 is 2.05 bits per heavy atom. The summed E-state index contributed by atoms with van der Waals surface area (Å²) in [6, 6.07) is 4.86. The molecule has 5 nitrogen and oxygen atoms in total. The maximum absolute atomic E-state index is 12.4. The number of piperidine rings is 1. The largest absolute Gasteiger partial charge is 0.507 e. The molecule has 0 aromatic heterocycles. The van der Waals surface area contributed by atoms with Gasteiger partial charge in [-0.1, -0.05) is 0 Å². The first-order chi connectivity index (χ1) is 9.99. The van der Waals surface area contributed by atoms with Gasteiger partial charge in [-0.2, -0.15) is 0 Å². The van der Waals surface area contributed by atoms with Crippen LogP contribution in [0.5, 0.6) is 5.75 Å². The number of amides is 2. The number of carbonyl (C=O) groups is 2. The Morgan fingerprint density at radius 1 is 1.33 bits per heavy atom. The fraction of sp³-hybridized carbons (Fsp3) is 0.467. The minimum atomic E-state index is -0.0649. The first-order valence-corrected chi connectivity index (χ1v) is 7.83. The van der Waals surface area contributed by atoms with Gasteiger partial charge in [0.25, 0.3) is 5.91 Å². The van der Waals surface area contributed by atoms with Gasteiger partial charge >= 0.3 is 0 Å². The summed E-state index contributed by atoms with van der Waals surface area (Å²) in [5.41, 5.74) is 0.530. The second kappa shape index (κ2) is 5.33. The van der Waals surface area contributed by atoms with Crippen LogP contribution in [0.15, 0.2) is 22.7 Å². The van der Waals surface area contributed by atoms with Gasteiger partial charge in [0.15, 0.2) is 0 Å². The lowest BCUT2D eigenvalue weighted by atomic mass is 9.77. The third-order valence-electron chi connectivity index (χ3n) is 4.50. The highest BCUT2D eigenvalue weighted by atomic mass is 79.9. The quantitative estimate of drug-likeness (QED) is 0.810. The fourth-order valence-corrected chi connectivity index (χ4v) is 3.36. The Hall–Kier alpha value is -1.56. The summed E-state index contributed by atoms with van der Waals surface area (Å²) < 4.78 is 0.576. The summed E-state index contributed by atoms with van der Waals surface area (Å²) in [5.74, 6) is 0.123. The van der Waals surface area contributed by atoms with E-state index in [1.807, 2.05) is 0 Å². The molecule has 2 saturated heterocycles. The molecule has 6 heteroatoms. The first-order valence-electron chi connectivity index (χ1n) is 7.04. The number of phenolic OH excluding ortho intramolecular Hbond substituents is 1. The van der Waals surface area contributed by atoms with Crippen LogP contribution in [0.4, 0.5) is 0 Å². The third kappa shape index (κ3) is 2.77. The number of nitrogens with one attached hydrogen (secondary N) is 1. The molecule has 112 valence electrons. The molecule has 2 aliphatic rings. The third-order valence-corrected chi connectivity index (χ3v) is 5.17. The molecule has 1 aromatic rings. The number of halogens is 1. The number of carbonyl (C=O) groups excluding carboxylic acids is 2. The van der Waals surface area contributed by atoms with Gasteiger partial charge in [-0.25, -0.2) is 0 Å². The van der Waals surface area contributed by atoms with Gasteiger partial charge in [-0.3, -0.25) is 9.59 Å². The molecule has 1 spiro atoms. The first kappa shape index (κ1) is 14.4. The highest BCUT2D eigenvalue weighted by Gasteiger charge is 2.41. The summed E-state index contributed by atoms with van der Waals surface area (Å²) in [6.07, 6.45) is 2.27. The summed E-state index contributed by atoms with van der Waals surface area (Å²) in [6.45, 7) is 2.04. The Balaban J connectivity index is 1.67. The SMILES string of the molecule is O=C1CC2(CCN(C(=O)c3ccc(Br)c(O)c3)CC2)CN1. The number of rotatable bonds is 1. The molecule has 0 saturated carbocycles. The van der Waals surface area contributed by atoms with E-state index in [4.69, 9.17) is 0 Å². The van der Waals surface area contributed by atoms with Crippen LogP contribution in [-0.4, -0.2) is 41.5 Å². The molecule has 2 amide bonds. The van der Waals surface area contributed by atoms with E-state index in [-0.39, 0.29) is 23.0 Å². The van der Waals surface area contributed by atoms with Crippen LogP contribution in [0, 0.1) is 5.41 Å². The monoisotopic (exact) mass is 352 g/mol. The summed E-state index contributed by atoms with van der Waals surface area (Å²) >= 11 is 3.21. The molecular weight excluding hydrogens is 336 g/mol. The van der Waals surface area contributed by atoms with E-state index in [2.05, 4.69) is 21.2 Å². The predicted octanol–water partition coefficient (Wildman–Crippen LogP) is 1.90. The number of hydrogen-bond donors (Lipinski definition) is 2. The Kier molecular flexibility index (Phi) is 3.65. The van der Waals surface area contributed by atoms with Gasteiger partial charge in [0, 0.05) is 31.6 Å². The van der Waals surface area contributed by atoms with Crippen LogP contribution >= 0.6 is 15.9 Å². The standard InChI is InChI=1S/C15H17BrN2O3/c16-11-2-1-10(7-12(11)19)14(21)18-5-3-15(4-6-18)8-13(20)17-9-15/h1-2,7,19H,3-6,8-9H2,(H,17,20). The summed E-state index contributed by atoms with van der Waals surface area (Å²) in [5, 5.41) is 12.6. The minimum absolute atomic E-state index is 0.0374. The van der Waals surface area contributed by atoms with Gasteiger partial charge in [0.1, 0.15) is 5.75 Å². The van der Waals surface area contributed by atoms with Crippen molar-refractivity contribution in [3.05, 3.63) is 28.2 Å². The van der Waals surface area contributed by atoms with Crippen molar-refractivity contribution in [1.82, 2.24) is 10.2 Å². The molecule has 1 aromatic carbocycles.